The van der Waals surface area contributed by atoms with Crippen LogP contribution in [0, 0.1) is 0 Å². The quantitative estimate of drug-likeness (QED) is 0.837. The van der Waals surface area contributed by atoms with Crippen molar-refractivity contribution in [1.82, 2.24) is 15.3 Å². The lowest BCUT2D eigenvalue weighted by Crippen LogP contribution is -2.27. The Balaban J connectivity index is 2.69. The van der Waals surface area contributed by atoms with E-state index in [4.69, 9.17) is 5.73 Å². The van der Waals surface area contributed by atoms with Crippen molar-refractivity contribution in [1.29, 1.82) is 0 Å². The summed E-state index contributed by atoms with van der Waals surface area (Å²) in [6.07, 6.45) is 1.80. The molecule has 1 rings (SSSR count). The van der Waals surface area contributed by atoms with Crippen LogP contribution in [0.4, 0.5) is 11.6 Å². The third-order valence-corrected chi connectivity index (χ3v) is 2.87. The summed E-state index contributed by atoms with van der Waals surface area (Å²) < 4.78 is 0.648. The van der Waals surface area contributed by atoms with E-state index in [1.165, 1.54) is 6.33 Å². The molecule has 0 aliphatic rings. The maximum absolute atomic E-state index is 11.1. The van der Waals surface area contributed by atoms with Crippen LogP contribution in [0.5, 0.6) is 0 Å². The second-order valence-corrected chi connectivity index (χ2v) is 4.03. The minimum absolute atomic E-state index is 0.00926. The first-order valence-electron chi connectivity index (χ1n) is 4.74. The summed E-state index contributed by atoms with van der Waals surface area (Å²) in [7, 11) is 3.45. The number of hydrogen-bond donors (Lipinski definition) is 2. The summed E-state index contributed by atoms with van der Waals surface area (Å²) in [4.78, 5) is 20.9. The van der Waals surface area contributed by atoms with Gasteiger partial charge in [0, 0.05) is 27.1 Å². The molecule has 0 atom stereocenters. The highest BCUT2D eigenvalue weighted by Crippen LogP contribution is 2.26. The summed E-state index contributed by atoms with van der Waals surface area (Å²) in [5.74, 6) is 1.05. The van der Waals surface area contributed by atoms with Gasteiger partial charge in [0.25, 0.3) is 0 Å². The van der Waals surface area contributed by atoms with E-state index in [-0.39, 0.29) is 5.91 Å². The van der Waals surface area contributed by atoms with Crippen molar-refractivity contribution in [2.45, 2.75) is 6.42 Å². The Kier molecular flexibility index (Phi) is 4.48. The van der Waals surface area contributed by atoms with Crippen LogP contribution in [0.3, 0.4) is 0 Å². The topological polar surface area (TPSA) is 84.1 Å². The van der Waals surface area contributed by atoms with E-state index < -0.39 is 0 Å². The molecule has 7 heteroatoms. The van der Waals surface area contributed by atoms with Crippen LogP contribution in [0.15, 0.2) is 10.8 Å². The predicted octanol–water partition coefficient (Wildman–Crippen LogP) is 0.394. The highest BCUT2D eigenvalue weighted by atomic mass is 79.9. The number of hydrogen-bond acceptors (Lipinski definition) is 5. The molecular formula is C9H14BrN5O. The number of anilines is 2. The lowest BCUT2D eigenvalue weighted by atomic mass is 10.3. The number of amides is 1. The van der Waals surface area contributed by atoms with Gasteiger partial charge in [-0.05, 0) is 15.9 Å². The van der Waals surface area contributed by atoms with Gasteiger partial charge in [0.1, 0.15) is 22.4 Å². The number of nitrogens with two attached hydrogens (primary N) is 1. The molecule has 1 heterocycles. The zero-order valence-electron chi connectivity index (χ0n) is 9.20. The monoisotopic (exact) mass is 287 g/mol. The molecule has 0 radical (unpaired) electrons. The Hall–Kier alpha value is -1.37. The molecule has 0 fully saturated rings. The molecule has 0 saturated carbocycles. The van der Waals surface area contributed by atoms with Gasteiger partial charge < -0.3 is 16.0 Å². The average Bonchev–Trinajstić information content (AvgIpc) is 2.29. The first kappa shape index (κ1) is 12.7. The van der Waals surface area contributed by atoms with Crippen molar-refractivity contribution in [2.75, 3.05) is 31.3 Å². The minimum atomic E-state index is -0.00926. The van der Waals surface area contributed by atoms with Crippen LogP contribution in [0.25, 0.3) is 0 Å². The third-order valence-electron chi connectivity index (χ3n) is 2.11. The van der Waals surface area contributed by atoms with E-state index >= 15 is 0 Å². The molecule has 1 aromatic rings. The first-order chi connectivity index (χ1) is 7.56. The SMILES string of the molecule is CNC(=O)CCN(C)c1ncnc(N)c1Br. The van der Waals surface area contributed by atoms with Gasteiger partial charge in [-0.2, -0.15) is 0 Å². The molecule has 0 aromatic carbocycles. The van der Waals surface area contributed by atoms with Gasteiger partial charge >= 0.3 is 0 Å². The van der Waals surface area contributed by atoms with Gasteiger partial charge in [-0.25, -0.2) is 9.97 Å². The number of halogens is 1. The largest absolute Gasteiger partial charge is 0.383 e. The van der Waals surface area contributed by atoms with Crippen molar-refractivity contribution in [2.24, 2.45) is 0 Å². The molecule has 0 aliphatic heterocycles. The van der Waals surface area contributed by atoms with Crippen LogP contribution in [-0.4, -0.2) is 36.5 Å². The summed E-state index contributed by atoms with van der Waals surface area (Å²) >= 11 is 3.31. The third kappa shape index (κ3) is 3.06. The predicted molar refractivity (Wildman–Crippen MR) is 66.1 cm³/mol. The fraction of sp³-hybridized carbons (Fsp3) is 0.444. The zero-order chi connectivity index (χ0) is 12.1. The van der Waals surface area contributed by atoms with Crippen LogP contribution in [0.2, 0.25) is 0 Å². The molecular weight excluding hydrogens is 274 g/mol. The maximum atomic E-state index is 11.1. The van der Waals surface area contributed by atoms with Gasteiger partial charge in [-0.15, -0.1) is 0 Å². The van der Waals surface area contributed by atoms with E-state index in [0.717, 1.165) is 0 Å². The van der Waals surface area contributed by atoms with Gasteiger partial charge in [0.05, 0.1) is 0 Å². The zero-order valence-corrected chi connectivity index (χ0v) is 10.8. The summed E-state index contributed by atoms with van der Waals surface area (Å²) in [5.41, 5.74) is 5.64. The van der Waals surface area contributed by atoms with E-state index in [1.807, 2.05) is 11.9 Å². The second-order valence-electron chi connectivity index (χ2n) is 3.24. The van der Waals surface area contributed by atoms with Crippen molar-refractivity contribution < 1.29 is 4.79 Å². The smallest absolute Gasteiger partial charge is 0.221 e. The van der Waals surface area contributed by atoms with Crippen LogP contribution >= 0.6 is 15.9 Å². The van der Waals surface area contributed by atoms with Crippen molar-refractivity contribution in [3.05, 3.63) is 10.8 Å². The number of rotatable bonds is 4. The standard InChI is InChI=1S/C9H14BrN5O/c1-12-6(16)3-4-15(2)9-7(10)8(11)13-5-14-9/h5H,3-4H2,1-2H3,(H,12,16)(H2,11,13,14). The average molecular weight is 288 g/mol. The fourth-order valence-electron chi connectivity index (χ4n) is 1.14. The van der Waals surface area contributed by atoms with Gasteiger partial charge in [0.15, 0.2) is 0 Å². The molecule has 6 nitrogen and oxygen atoms in total. The van der Waals surface area contributed by atoms with Gasteiger partial charge in [0.2, 0.25) is 5.91 Å². The fourth-order valence-corrected chi connectivity index (χ4v) is 1.65. The van der Waals surface area contributed by atoms with Crippen molar-refractivity contribution >= 4 is 33.5 Å². The normalized spacial score (nSPS) is 9.94. The molecule has 0 bridgehead atoms. The van der Waals surface area contributed by atoms with Crippen LogP contribution in [-0.2, 0) is 4.79 Å². The van der Waals surface area contributed by atoms with E-state index in [0.29, 0.717) is 29.1 Å². The number of carbonyl (C=O) groups is 1. The number of nitrogens with one attached hydrogen (secondary N) is 1. The second kappa shape index (κ2) is 5.64. The highest BCUT2D eigenvalue weighted by Gasteiger charge is 2.11. The van der Waals surface area contributed by atoms with Gasteiger partial charge in [-0.3, -0.25) is 4.79 Å². The Morgan fingerprint density at radius 2 is 2.31 bits per heavy atom. The molecule has 16 heavy (non-hydrogen) atoms. The minimum Gasteiger partial charge on any atom is -0.383 e. The maximum Gasteiger partial charge on any atom is 0.221 e. The van der Waals surface area contributed by atoms with E-state index in [9.17, 15) is 4.79 Å². The van der Waals surface area contributed by atoms with Crippen LogP contribution < -0.4 is 16.0 Å². The molecule has 0 saturated heterocycles. The van der Waals surface area contributed by atoms with Crippen molar-refractivity contribution in [3.63, 3.8) is 0 Å². The van der Waals surface area contributed by atoms with E-state index in [1.54, 1.807) is 7.05 Å². The Morgan fingerprint density at radius 1 is 1.62 bits per heavy atom. The number of nitrogen functional groups attached to an aromatic ring is 1. The molecule has 0 aliphatic carbocycles. The van der Waals surface area contributed by atoms with Crippen molar-refractivity contribution in [3.8, 4) is 0 Å². The Morgan fingerprint density at radius 3 is 2.94 bits per heavy atom. The van der Waals surface area contributed by atoms with Crippen LogP contribution in [0.1, 0.15) is 6.42 Å². The molecule has 1 aromatic heterocycles. The lowest BCUT2D eigenvalue weighted by Gasteiger charge is -2.19. The first-order valence-corrected chi connectivity index (χ1v) is 5.53. The number of aromatic nitrogens is 2. The molecule has 1 amide bonds. The Labute approximate surface area is 102 Å². The highest BCUT2D eigenvalue weighted by molar-refractivity contribution is 9.10. The molecule has 0 unspecified atom stereocenters. The summed E-state index contributed by atoms with van der Waals surface area (Å²) in [5, 5.41) is 2.56. The van der Waals surface area contributed by atoms with Gasteiger partial charge in [-0.1, -0.05) is 0 Å². The summed E-state index contributed by atoms with van der Waals surface area (Å²) in [6.45, 7) is 0.564. The molecule has 3 N–H and O–H groups in total. The summed E-state index contributed by atoms with van der Waals surface area (Å²) in [6, 6.07) is 0. The number of nitrogens with zero attached hydrogens (tertiary/aromatic N) is 3. The Bertz CT molecular complexity index is 384. The molecule has 88 valence electrons. The molecule has 0 spiro atoms. The lowest BCUT2D eigenvalue weighted by molar-refractivity contribution is -0.120. The number of carbonyl (C=O) groups excluding carboxylic acids is 1. The van der Waals surface area contributed by atoms with E-state index in [2.05, 4.69) is 31.2 Å².